The van der Waals surface area contributed by atoms with E-state index in [-0.39, 0.29) is 23.7 Å². The topological polar surface area (TPSA) is 73.5 Å². The van der Waals surface area contributed by atoms with Crippen LogP contribution in [0.3, 0.4) is 0 Å². The van der Waals surface area contributed by atoms with Crippen LogP contribution in [0.2, 0.25) is 0 Å². The molecule has 3 heterocycles. The van der Waals surface area contributed by atoms with E-state index in [2.05, 4.69) is 33.9 Å². The van der Waals surface area contributed by atoms with Crippen molar-refractivity contribution in [2.24, 2.45) is 0 Å². The van der Waals surface area contributed by atoms with E-state index in [0.717, 1.165) is 38.1 Å². The first-order valence-corrected chi connectivity index (χ1v) is 9.79. The second-order valence-electron chi connectivity index (χ2n) is 7.89. The number of pyridine rings is 1. The van der Waals surface area contributed by atoms with Crippen LogP contribution in [0, 0.1) is 0 Å². The van der Waals surface area contributed by atoms with Crippen LogP contribution in [0.15, 0.2) is 28.9 Å². The quantitative estimate of drug-likeness (QED) is 0.771. The monoisotopic (exact) mass is 372 g/mol. The van der Waals surface area contributed by atoms with Gasteiger partial charge in [-0.2, -0.15) is 4.98 Å². The van der Waals surface area contributed by atoms with E-state index >= 15 is 0 Å². The van der Waals surface area contributed by atoms with Gasteiger partial charge in [-0.05, 0) is 25.3 Å². The molecular formula is C20H28N4O3. The van der Waals surface area contributed by atoms with Crippen molar-refractivity contribution in [2.45, 2.75) is 69.7 Å². The van der Waals surface area contributed by atoms with Gasteiger partial charge in [-0.15, -0.1) is 0 Å². The maximum atomic E-state index is 6.14. The van der Waals surface area contributed by atoms with Crippen molar-refractivity contribution in [3.63, 3.8) is 0 Å². The summed E-state index contributed by atoms with van der Waals surface area (Å²) >= 11 is 0. The van der Waals surface area contributed by atoms with E-state index in [1.165, 1.54) is 0 Å². The van der Waals surface area contributed by atoms with Gasteiger partial charge in [-0.3, -0.25) is 4.90 Å². The van der Waals surface area contributed by atoms with E-state index in [9.17, 15) is 0 Å². The Morgan fingerprint density at radius 1 is 1.33 bits per heavy atom. The Kier molecular flexibility index (Phi) is 5.14. The molecule has 0 aromatic carbocycles. The van der Waals surface area contributed by atoms with Crippen LogP contribution >= 0.6 is 0 Å². The minimum atomic E-state index is -0.106. The summed E-state index contributed by atoms with van der Waals surface area (Å²) in [6.07, 6.45) is 5.81. The Labute approximate surface area is 160 Å². The molecule has 0 amide bonds. The van der Waals surface area contributed by atoms with Gasteiger partial charge in [-0.25, -0.2) is 4.98 Å². The number of hydrogen-bond acceptors (Lipinski definition) is 7. The van der Waals surface area contributed by atoms with Crippen LogP contribution in [0.1, 0.15) is 57.2 Å². The first-order valence-electron chi connectivity index (χ1n) is 9.79. The molecule has 1 saturated heterocycles. The Morgan fingerprint density at radius 2 is 2.22 bits per heavy atom. The smallest absolute Gasteiger partial charge is 0.240 e. The zero-order valence-electron chi connectivity index (χ0n) is 16.3. The van der Waals surface area contributed by atoms with Gasteiger partial charge in [0.1, 0.15) is 6.10 Å². The van der Waals surface area contributed by atoms with Crippen molar-refractivity contribution in [3.05, 3.63) is 36.1 Å². The SMILES string of the molecule is CO[C@@]12CC[C@@H](Oc3ccccn3)C[C@@H]1N(Cc1nc(C(C)C)no1)CC2. The number of methoxy groups -OCH3 is 1. The summed E-state index contributed by atoms with van der Waals surface area (Å²) in [5.41, 5.74) is -0.106. The Bertz CT molecular complexity index is 751. The first kappa shape index (κ1) is 18.4. The van der Waals surface area contributed by atoms with Crippen LogP contribution in [-0.4, -0.2) is 51.4 Å². The maximum absolute atomic E-state index is 6.14. The Hall–Kier alpha value is -1.99. The van der Waals surface area contributed by atoms with E-state index in [1.807, 2.05) is 25.3 Å². The van der Waals surface area contributed by atoms with E-state index in [4.69, 9.17) is 14.0 Å². The number of aromatic nitrogens is 3. The molecule has 0 N–H and O–H groups in total. The maximum Gasteiger partial charge on any atom is 0.240 e. The summed E-state index contributed by atoms with van der Waals surface area (Å²) in [5, 5.41) is 4.09. The van der Waals surface area contributed by atoms with Crippen LogP contribution in [0.5, 0.6) is 5.88 Å². The average Bonchev–Trinajstić information content (AvgIpc) is 3.29. The fourth-order valence-electron chi connectivity index (χ4n) is 4.38. The number of hydrogen-bond donors (Lipinski definition) is 0. The molecule has 146 valence electrons. The van der Waals surface area contributed by atoms with Crippen LogP contribution in [0.25, 0.3) is 0 Å². The van der Waals surface area contributed by atoms with Crippen molar-refractivity contribution >= 4 is 0 Å². The number of ether oxygens (including phenoxy) is 2. The van der Waals surface area contributed by atoms with Crippen molar-refractivity contribution < 1.29 is 14.0 Å². The molecule has 2 fully saturated rings. The van der Waals surface area contributed by atoms with E-state index in [1.54, 1.807) is 6.20 Å². The fraction of sp³-hybridized carbons (Fsp3) is 0.650. The summed E-state index contributed by atoms with van der Waals surface area (Å²) in [4.78, 5) is 11.3. The van der Waals surface area contributed by atoms with E-state index < -0.39 is 0 Å². The molecule has 2 aliphatic rings. The van der Waals surface area contributed by atoms with Crippen LogP contribution in [0.4, 0.5) is 0 Å². The van der Waals surface area contributed by atoms with Crippen LogP contribution < -0.4 is 4.74 Å². The molecule has 2 aromatic rings. The highest BCUT2D eigenvalue weighted by Gasteiger charge is 2.51. The zero-order valence-corrected chi connectivity index (χ0v) is 16.3. The average molecular weight is 372 g/mol. The predicted molar refractivity (Wildman–Crippen MR) is 99.4 cm³/mol. The van der Waals surface area contributed by atoms with Gasteiger partial charge in [0.25, 0.3) is 0 Å². The molecule has 0 spiro atoms. The number of rotatable bonds is 6. The van der Waals surface area contributed by atoms with Crippen molar-refractivity contribution in [3.8, 4) is 5.88 Å². The molecule has 3 atom stereocenters. The van der Waals surface area contributed by atoms with Crippen molar-refractivity contribution in [2.75, 3.05) is 13.7 Å². The first-order chi connectivity index (χ1) is 13.1. The summed E-state index contributed by atoms with van der Waals surface area (Å²) < 4.78 is 17.6. The summed E-state index contributed by atoms with van der Waals surface area (Å²) in [6, 6.07) is 6.04. The summed E-state index contributed by atoms with van der Waals surface area (Å²) in [6.45, 7) is 5.77. The minimum absolute atomic E-state index is 0.106. The lowest BCUT2D eigenvalue weighted by Gasteiger charge is -2.43. The van der Waals surface area contributed by atoms with Gasteiger partial charge in [-0.1, -0.05) is 25.1 Å². The minimum Gasteiger partial charge on any atom is -0.474 e. The van der Waals surface area contributed by atoms with Gasteiger partial charge in [0, 0.05) is 44.3 Å². The second-order valence-corrected chi connectivity index (χ2v) is 7.89. The molecule has 0 bridgehead atoms. The highest BCUT2D eigenvalue weighted by Crippen LogP contribution is 2.43. The molecule has 1 aliphatic carbocycles. The summed E-state index contributed by atoms with van der Waals surface area (Å²) in [7, 11) is 1.83. The molecule has 4 rings (SSSR count). The molecule has 1 saturated carbocycles. The zero-order chi connectivity index (χ0) is 18.9. The fourth-order valence-corrected chi connectivity index (χ4v) is 4.38. The van der Waals surface area contributed by atoms with Gasteiger partial charge >= 0.3 is 0 Å². The molecule has 7 heteroatoms. The highest BCUT2D eigenvalue weighted by molar-refractivity contribution is 5.12. The third kappa shape index (κ3) is 3.71. The van der Waals surface area contributed by atoms with Gasteiger partial charge < -0.3 is 14.0 Å². The lowest BCUT2D eigenvalue weighted by Crippen LogP contribution is -2.52. The molecular weight excluding hydrogens is 344 g/mol. The van der Waals surface area contributed by atoms with Gasteiger partial charge in [0.2, 0.25) is 11.8 Å². The number of fused-ring (bicyclic) bond motifs is 1. The number of likely N-dealkylation sites (tertiary alicyclic amines) is 1. The normalized spacial score (nSPS) is 28.4. The molecule has 27 heavy (non-hydrogen) atoms. The lowest BCUT2D eigenvalue weighted by molar-refractivity contribution is -0.0851. The molecule has 7 nitrogen and oxygen atoms in total. The van der Waals surface area contributed by atoms with Gasteiger partial charge in [0.05, 0.1) is 12.1 Å². The Balaban J connectivity index is 1.47. The predicted octanol–water partition coefficient (Wildman–Crippen LogP) is 3.18. The molecule has 1 aliphatic heterocycles. The van der Waals surface area contributed by atoms with E-state index in [0.29, 0.717) is 18.3 Å². The lowest BCUT2D eigenvalue weighted by atomic mass is 9.79. The van der Waals surface area contributed by atoms with Crippen LogP contribution in [-0.2, 0) is 11.3 Å². The third-order valence-electron chi connectivity index (χ3n) is 5.92. The largest absolute Gasteiger partial charge is 0.474 e. The van der Waals surface area contributed by atoms with Crippen molar-refractivity contribution in [1.82, 2.24) is 20.0 Å². The van der Waals surface area contributed by atoms with Gasteiger partial charge in [0.15, 0.2) is 5.82 Å². The molecule has 0 radical (unpaired) electrons. The molecule has 0 unspecified atom stereocenters. The second kappa shape index (κ2) is 7.56. The standard InChI is InChI=1S/C20H28N4O3/c1-14(2)19-22-18(27-23-19)13-24-11-9-20(25-3)8-7-15(12-16(20)24)26-17-6-4-5-10-21-17/h4-6,10,14-16H,7-9,11-13H2,1-3H3/t15-,16+,20-/m1/s1. The Morgan fingerprint density at radius 3 is 2.93 bits per heavy atom. The van der Waals surface area contributed by atoms with Crippen molar-refractivity contribution in [1.29, 1.82) is 0 Å². The number of nitrogens with zero attached hydrogens (tertiary/aromatic N) is 4. The highest BCUT2D eigenvalue weighted by atomic mass is 16.5. The third-order valence-corrected chi connectivity index (χ3v) is 5.92. The summed E-state index contributed by atoms with van der Waals surface area (Å²) in [5.74, 6) is 2.40. The molecule has 2 aromatic heterocycles.